The zero-order valence-electron chi connectivity index (χ0n) is 16.6. The second kappa shape index (κ2) is 9.32. The van der Waals surface area contributed by atoms with Gasteiger partial charge in [-0.15, -0.1) is 22.7 Å². The number of para-hydroxylation sites is 1. The van der Waals surface area contributed by atoms with Gasteiger partial charge in [-0.3, -0.25) is 14.5 Å². The fourth-order valence-electron chi connectivity index (χ4n) is 3.54. The van der Waals surface area contributed by atoms with Crippen molar-refractivity contribution in [3.8, 4) is 0 Å². The summed E-state index contributed by atoms with van der Waals surface area (Å²) in [7, 11) is 0. The molecule has 3 aromatic rings. The van der Waals surface area contributed by atoms with Crippen LogP contribution in [-0.2, 0) is 9.59 Å². The van der Waals surface area contributed by atoms with E-state index in [0.717, 1.165) is 30.1 Å². The number of carbonyl (C=O) groups excluding carboxylic acids is 2. The molecule has 0 saturated carbocycles. The molecule has 0 radical (unpaired) electrons. The van der Waals surface area contributed by atoms with Crippen LogP contribution >= 0.6 is 22.7 Å². The van der Waals surface area contributed by atoms with Gasteiger partial charge < -0.3 is 4.90 Å². The standard InChI is InChI=1S/C22H22N4O2S2/c1-16(27)26(19-7-3-2-4-8-19)22-24-18(15-30-22)9-10-20(28)25-12-5-6-17(14-25)21-23-11-13-29-21/h2-4,7-11,13,15,17H,5-6,12,14H2,1H3/b10-9+. The summed E-state index contributed by atoms with van der Waals surface area (Å²) >= 11 is 3.03. The minimum absolute atomic E-state index is 0.0164. The first kappa shape index (κ1) is 20.4. The summed E-state index contributed by atoms with van der Waals surface area (Å²) in [5, 5.41) is 5.52. The average Bonchev–Trinajstić information content (AvgIpc) is 3.45. The van der Waals surface area contributed by atoms with Crippen molar-refractivity contribution in [3.05, 3.63) is 64.1 Å². The molecule has 1 aliphatic heterocycles. The second-order valence-corrected chi connectivity index (χ2v) is 8.83. The molecule has 1 saturated heterocycles. The van der Waals surface area contributed by atoms with E-state index in [4.69, 9.17) is 0 Å². The van der Waals surface area contributed by atoms with E-state index < -0.39 is 0 Å². The molecule has 6 nitrogen and oxygen atoms in total. The lowest BCUT2D eigenvalue weighted by atomic mass is 9.98. The Bertz CT molecular complexity index is 1030. The van der Waals surface area contributed by atoms with Gasteiger partial charge in [-0.1, -0.05) is 18.2 Å². The number of hydrogen-bond donors (Lipinski definition) is 0. The number of amides is 2. The van der Waals surface area contributed by atoms with Crippen molar-refractivity contribution in [3.63, 3.8) is 0 Å². The third-order valence-electron chi connectivity index (χ3n) is 4.96. The highest BCUT2D eigenvalue weighted by atomic mass is 32.1. The third kappa shape index (κ3) is 4.66. The van der Waals surface area contributed by atoms with E-state index >= 15 is 0 Å². The van der Waals surface area contributed by atoms with Gasteiger partial charge >= 0.3 is 0 Å². The molecule has 1 fully saturated rings. The van der Waals surface area contributed by atoms with Gasteiger partial charge in [0.15, 0.2) is 5.13 Å². The highest BCUT2D eigenvalue weighted by Crippen LogP contribution is 2.30. The molecule has 0 aliphatic carbocycles. The number of nitrogens with zero attached hydrogens (tertiary/aromatic N) is 4. The van der Waals surface area contributed by atoms with Gasteiger partial charge in [0.25, 0.3) is 0 Å². The maximum absolute atomic E-state index is 12.7. The van der Waals surface area contributed by atoms with Crippen LogP contribution in [0.15, 0.2) is 53.4 Å². The fraction of sp³-hybridized carbons (Fsp3) is 0.273. The Hall–Kier alpha value is -2.84. The summed E-state index contributed by atoms with van der Waals surface area (Å²) in [6.07, 6.45) is 7.16. The molecule has 3 heterocycles. The van der Waals surface area contributed by atoms with Crippen molar-refractivity contribution in [2.75, 3.05) is 18.0 Å². The number of rotatable bonds is 5. The maximum Gasteiger partial charge on any atom is 0.246 e. The lowest BCUT2D eigenvalue weighted by Crippen LogP contribution is -2.38. The Balaban J connectivity index is 1.44. The van der Waals surface area contributed by atoms with Gasteiger partial charge in [-0.2, -0.15) is 0 Å². The van der Waals surface area contributed by atoms with E-state index in [9.17, 15) is 9.59 Å². The van der Waals surface area contributed by atoms with Crippen LogP contribution in [0.3, 0.4) is 0 Å². The van der Waals surface area contributed by atoms with E-state index in [1.54, 1.807) is 28.4 Å². The second-order valence-electron chi connectivity index (χ2n) is 7.07. The number of aromatic nitrogens is 2. The topological polar surface area (TPSA) is 66.4 Å². The van der Waals surface area contributed by atoms with Gasteiger partial charge in [0.1, 0.15) is 0 Å². The third-order valence-corrected chi connectivity index (χ3v) is 6.74. The molecule has 0 N–H and O–H groups in total. The normalized spacial score (nSPS) is 16.7. The predicted molar refractivity (Wildman–Crippen MR) is 121 cm³/mol. The molecule has 1 unspecified atom stereocenters. The quantitative estimate of drug-likeness (QED) is 0.542. The van der Waals surface area contributed by atoms with E-state index in [0.29, 0.717) is 23.3 Å². The van der Waals surface area contributed by atoms with E-state index in [-0.39, 0.29) is 11.8 Å². The number of anilines is 2. The average molecular weight is 439 g/mol. The molecule has 2 aromatic heterocycles. The number of likely N-dealkylation sites (tertiary alicyclic amines) is 1. The summed E-state index contributed by atoms with van der Waals surface area (Å²) < 4.78 is 0. The first-order valence-electron chi connectivity index (χ1n) is 9.79. The maximum atomic E-state index is 12.7. The zero-order chi connectivity index (χ0) is 20.9. The zero-order valence-corrected chi connectivity index (χ0v) is 18.2. The van der Waals surface area contributed by atoms with Crippen molar-refractivity contribution in [2.45, 2.75) is 25.7 Å². The molecule has 1 atom stereocenters. The van der Waals surface area contributed by atoms with Crippen LogP contribution < -0.4 is 4.90 Å². The lowest BCUT2D eigenvalue weighted by molar-refractivity contribution is -0.127. The van der Waals surface area contributed by atoms with Crippen molar-refractivity contribution in [1.29, 1.82) is 0 Å². The van der Waals surface area contributed by atoms with Gasteiger partial charge in [0, 0.05) is 49.0 Å². The van der Waals surface area contributed by atoms with Crippen LogP contribution in [0, 0.1) is 0 Å². The molecule has 4 rings (SSSR count). The Morgan fingerprint density at radius 2 is 2.07 bits per heavy atom. The Labute approximate surface area is 183 Å². The van der Waals surface area contributed by atoms with Gasteiger partial charge in [-0.05, 0) is 31.1 Å². The minimum Gasteiger partial charge on any atom is -0.338 e. The molecular weight excluding hydrogens is 416 g/mol. The molecule has 8 heteroatoms. The number of hydrogen-bond acceptors (Lipinski definition) is 6. The molecule has 0 bridgehead atoms. The molecule has 30 heavy (non-hydrogen) atoms. The highest BCUT2D eigenvalue weighted by molar-refractivity contribution is 7.14. The smallest absolute Gasteiger partial charge is 0.246 e. The van der Waals surface area contributed by atoms with E-state index in [2.05, 4.69) is 9.97 Å². The van der Waals surface area contributed by atoms with Crippen LogP contribution in [0.4, 0.5) is 10.8 Å². The Kier molecular flexibility index (Phi) is 6.35. The van der Waals surface area contributed by atoms with Crippen LogP contribution in [-0.4, -0.2) is 39.8 Å². The van der Waals surface area contributed by atoms with Crippen molar-refractivity contribution in [2.24, 2.45) is 0 Å². The predicted octanol–water partition coefficient (Wildman–Crippen LogP) is 4.70. The van der Waals surface area contributed by atoms with Crippen LogP contribution in [0.1, 0.15) is 36.4 Å². The largest absolute Gasteiger partial charge is 0.338 e. The first-order valence-corrected chi connectivity index (χ1v) is 11.6. The van der Waals surface area contributed by atoms with Crippen LogP contribution in [0.5, 0.6) is 0 Å². The summed E-state index contributed by atoms with van der Waals surface area (Å²) in [4.78, 5) is 37.3. The van der Waals surface area contributed by atoms with E-state index in [1.807, 2.05) is 52.2 Å². The van der Waals surface area contributed by atoms with Crippen molar-refractivity contribution < 1.29 is 9.59 Å². The lowest BCUT2D eigenvalue weighted by Gasteiger charge is -2.31. The molecule has 1 aromatic carbocycles. The molecular formula is C22H22N4O2S2. The number of benzene rings is 1. The summed E-state index contributed by atoms with van der Waals surface area (Å²) in [6.45, 7) is 2.98. The van der Waals surface area contributed by atoms with Gasteiger partial charge in [0.05, 0.1) is 16.4 Å². The number of carbonyl (C=O) groups is 2. The van der Waals surface area contributed by atoms with Crippen molar-refractivity contribution >= 4 is 51.4 Å². The summed E-state index contributed by atoms with van der Waals surface area (Å²) in [5.74, 6) is 0.193. The first-order chi connectivity index (χ1) is 14.6. The van der Waals surface area contributed by atoms with Gasteiger partial charge in [0.2, 0.25) is 11.8 Å². The van der Waals surface area contributed by atoms with Gasteiger partial charge in [-0.25, -0.2) is 9.97 Å². The fourth-order valence-corrected chi connectivity index (χ4v) is 5.16. The SMILES string of the molecule is CC(=O)N(c1ccccc1)c1nc(/C=C/C(=O)N2CCCC(c3nccs3)C2)cs1. The number of piperidine rings is 1. The molecule has 1 aliphatic rings. The highest BCUT2D eigenvalue weighted by Gasteiger charge is 2.25. The molecule has 154 valence electrons. The van der Waals surface area contributed by atoms with Crippen molar-refractivity contribution in [1.82, 2.24) is 14.9 Å². The summed E-state index contributed by atoms with van der Waals surface area (Å²) in [6, 6.07) is 9.42. The van der Waals surface area contributed by atoms with E-state index in [1.165, 1.54) is 18.3 Å². The Morgan fingerprint density at radius 1 is 1.23 bits per heavy atom. The van der Waals surface area contributed by atoms with Crippen LogP contribution in [0.25, 0.3) is 6.08 Å². The molecule has 0 spiro atoms. The van der Waals surface area contributed by atoms with Crippen LogP contribution in [0.2, 0.25) is 0 Å². The Morgan fingerprint density at radius 3 is 2.80 bits per heavy atom. The summed E-state index contributed by atoms with van der Waals surface area (Å²) in [5.41, 5.74) is 1.44. The molecule has 2 amide bonds. The minimum atomic E-state index is -0.108. The monoisotopic (exact) mass is 438 g/mol. The number of thiazole rings is 2.